The molecule has 19 heavy (non-hydrogen) atoms. The third-order valence-electron chi connectivity index (χ3n) is 6.00. The first-order valence-corrected chi connectivity index (χ1v) is 7.44. The summed E-state index contributed by atoms with van der Waals surface area (Å²) in [5, 5.41) is 10.4. The molecule has 3 rings (SSSR count). The monoisotopic (exact) mass is 284 g/mol. The Kier molecular flexibility index (Phi) is 2.82. The highest BCUT2D eigenvalue weighted by molar-refractivity contribution is 6.25. The second-order valence-corrected chi connectivity index (χ2v) is 7.43. The van der Waals surface area contributed by atoms with Gasteiger partial charge in [0, 0.05) is 17.9 Å². The Balaban J connectivity index is 2.01. The molecule has 0 aromatic rings. The molecule has 2 aliphatic carbocycles. The molecule has 6 unspecified atom stereocenters. The molecule has 0 bridgehead atoms. The second-order valence-electron chi connectivity index (χ2n) is 6.76. The number of ether oxygens (including phenoxy) is 1. The maximum Gasteiger partial charge on any atom is 0.334 e. The normalized spacial score (nSPS) is 53.5. The van der Waals surface area contributed by atoms with E-state index >= 15 is 0 Å². The Hall–Kier alpha value is -0.540. The highest BCUT2D eigenvalue weighted by Gasteiger charge is 2.64. The predicted molar refractivity (Wildman–Crippen MR) is 72.8 cm³/mol. The lowest BCUT2D eigenvalue weighted by molar-refractivity contribution is -0.145. The van der Waals surface area contributed by atoms with Gasteiger partial charge in [0.25, 0.3) is 0 Å². The topological polar surface area (TPSA) is 46.5 Å². The number of aliphatic hydroxyl groups excluding tert-OH is 1. The van der Waals surface area contributed by atoms with Crippen LogP contribution >= 0.6 is 11.6 Å². The van der Waals surface area contributed by atoms with Crippen LogP contribution in [0.1, 0.15) is 39.5 Å². The van der Waals surface area contributed by atoms with Gasteiger partial charge in [-0.2, -0.15) is 0 Å². The first-order valence-electron chi connectivity index (χ1n) is 7.06. The van der Waals surface area contributed by atoms with Crippen LogP contribution in [0.25, 0.3) is 0 Å². The molecule has 2 saturated carbocycles. The van der Waals surface area contributed by atoms with Gasteiger partial charge in [0.05, 0.1) is 11.0 Å². The van der Waals surface area contributed by atoms with Crippen molar-refractivity contribution in [3.05, 3.63) is 12.2 Å². The Labute approximate surface area is 119 Å². The Morgan fingerprint density at radius 1 is 1.42 bits per heavy atom. The van der Waals surface area contributed by atoms with Gasteiger partial charge in [-0.3, -0.25) is 0 Å². The standard InChI is InChI=1S/C15H21ClO3/c1-8-4-5-12(17)15(16)7-11-10(6-14(8,15)3)9(2)13(18)19-11/h8,10-12,17H,2,4-7H2,1,3H3. The summed E-state index contributed by atoms with van der Waals surface area (Å²) in [7, 11) is 0. The maximum absolute atomic E-state index is 11.7. The van der Waals surface area contributed by atoms with Crippen LogP contribution in [0.5, 0.6) is 0 Å². The molecule has 0 spiro atoms. The first kappa shape index (κ1) is 13.4. The Bertz CT molecular complexity index is 449. The molecule has 0 radical (unpaired) electrons. The van der Waals surface area contributed by atoms with Crippen molar-refractivity contribution >= 4 is 17.6 Å². The van der Waals surface area contributed by atoms with E-state index in [-0.39, 0.29) is 23.4 Å². The fraction of sp³-hybridized carbons (Fsp3) is 0.800. The van der Waals surface area contributed by atoms with Crippen LogP contribution in [0.3, 0.4) is 0 Å². The number of esters is 1. The second kappa shape index (κ2) is 3.98. The molecule has 6 atom stereocenters. The van der Waals surface area contributed by atoms with Crippen molar-refractivity contribution in [3.8, 4) is 0 Å². The highest BCUT2D eigenvalue weighted by Crippen LogP contribution is 2.62. The van der Waals surface area contributed by atoms with Crippen molar-refractivity contribution in [2.75, 3.05) is 0 Å². The molecule has 3 aliphatic rings. The van der Waals surface area contributed by atoms with Crippen LogP contribution in [0.15, 0.2) is 12.2 Å². The number of alkyl halides is 1. The fourth-order valence-electron chi connectivity index (χ4n) is 4.34. The minimum absolute atomic E-state index is 0.0668. The number of halogens is 1. The van der Waals surface area contributed by atoms with Crippen molar-refractivity contribution in [2.45, 2.75) is 56.6 Å². The molecule has 1 aliphatic heterocycles. The number of aliphatic hydroxyl groups is 1. The Morgan fingerprint density at radius 2 is 2.11 bits per heavy atom. The zero-order chi connectivity index (χ0) is 14.0. The van der Waals surface area contributed by atoms with Crippen molar-refractivity contribution < 1.29 is 14.6 Å². The maximum atomic E-state index is 11.7. The average molecular weight is 285 g/mol. The van der Waals surface area contributed by atoms with Gasteiger partial charge in [-0.05, 0) is 30.6 Å². The average Bonchev–Trinajstić information content (AvgIpc) is 2.61. The molecular weight excluding hydrogens is 264 g/mol. The summed E-state index contributed by atoms with van der Waals surface area (Å²) in [6.45, 7) is 8.23. The zero-order valence-corrected chi connectivity index (χ0v) is 12.2. The molecule has 1 heterocycles. The highest BCUT2D eigenvalue weighted by atomic mass is 35.5. The van der Waals surface area contributed by atoms with Crippen LogP contribution in [0, 0.1) is 17.3 Å². The SMILES string of the molecule is C=C1C(=O)OC2CC3(Cl)C(O)CCC(C)C3(C)CC12. The van der Waals surface area contributed by atoms with Gasteiger partial charge in [-0.25, -0.2) is 4.79 Å². The van der Waals surface area contributed by atoms with Gasteiger partial charge in [-0.15, -0.1) is 11.6 Å². The lowest BCUT2D eigenvalue weighted by Gasteiger charge is -2.59. The fourth-order valence-corrected chi connectivity index (χ4v) is 4.87. The number of carbonyl (C=O) groups is 1. The molecule has 0 aromatic carbocycles. The largest absolute Gasteiger partial charge is 0.458 e. The molecule has 0 amide bonds. The number of fused-ring (bicyclic) bond motifs is 2. The van der Waals surface area contributed by atoms with Crippen LogP contribution < -0.4 is 0 Å². The molecule has 106 valence electrons. The van der Waals surface area contributed by atoms with Crippen molar-refractivity contribution in [1.29, 1.82) is 0 Å². The smallest absolute Gasteiger partial charge is 0.334 e. The Morgan fingerprint density at radius 3 is 2.79 bits per heavy atom. The lowest BCUT2D eigenvalue weighted by Crippen LogP contribution is -2.62. The summed E-state index contributed by atoms with van der Waals surface area (Å²) in [5.41, 5.74) is 0.404. The summed E-state index contributed by atoms with van der Waals surface area (Å²) in [5.74, 6) is 0.203. The third-order valence-corrected chi connectivity index (χ3v) is 6.84. The quantitative estimate of drug-likeness (QED) is 0.423. The van der Waals surface area contributed by atoms with E-state index in [1.54, 1.807) is 0 Å². The van der Waals surface area contributed by atoms with E-state index in [1.165, 1.54) is 0 Å². The van der Waals surface area contributed by atoms with E-state index in [0.29, 0.717) is 17.9 Å². The molecule has 4 heteroatoms. The molecule has 1 N–H and O–H groups in total. The number of rotatable bonds is 0. The predicted octanol–water partition coefficient (Wildman–Crippen LogP) is 2.65. The van der Waals surface area contributed by atoms with Crippen molar-refractivity contribution in [1.82, 2.24) is 0 Å². The van der Waals surface area contributed by atoms with Gasteiger partial charge in [0.15, 0.2) is 0 Å². The molecule has 3 nitrogen and oxygen atoms in total. The van der Waals surface area contributed by atoms with E-state index in [2.05, 4.69) is 20.4 Å². The summed E-state index contributed by atoms with van der Waals surface area (Å²) >= 11 is 6.85. The van der Waals surface area contributed by atoms with Gasteiger partial charge < -0.3 is 9.84 Å². The number of hydrogen-bond acceptors (Lipinski definition) is 3. The summed E-state index contributed by atoms with van der Waals surface area (Å²) in [6.07, 6.45) is 2.29. The number of carbonyl (C=O) groups excluding carboxylic acids is 1. The van der Waals surface area contributed by atoms with Crippen molar-refractivity contribution in [3.63, 3.8) is 0 Å². The van der Waals surface area contributed by atoms with Crippen LogP contribution in [-0.4, -0.2) is 28.2 Å². The molecule has 0 aromatic heterocycles. The van der Waals surface area contributed by atoms with E-state index in [0.717, 1.165) is 19.3 Å². The van der Waals surface area contributed by atoms with E-state index in [4.69, 9.17) is 16.3 Å². The molecule has 3 fully saturated rings. The van der Waals surface area contributed by atoms with Crippen LogP contribution in [0.4, 0.5) is 0 Å². The van der Waals surface area contributed by atoms with Gasteiger partial charge in [-0.1, -0.05) is 20.4 Å². The van der Waals surface area contributed by atoms with Gasteiger partial charge in [0.2, 0.25) is 0 Å². The first-order chi connectivity index (χ1) is 8.79. The van der Waals surface area contributed by atoms with Crippen LogP contribution in [0.2, 0.25) is 0 Å². The minimum Gasteiger partial charge on any atom is -0.458 e. The zero-order valence-electron chi connectivity index (χ0n) is 11.5. The lowest BCUT2D eigenvalue weighted by atomic mass is 9.51. The van der Waals surface area contributed by atoms with Gasteiger partial charge in [0.1, 0.15) is 6.10 Å². The summed E-state index contributed by atoms with van der Waals surface area (Å²) in [4.78, 5) is 11.0. The van der Waals surface area contributed by atoms with Crippen LogP contribution in [-0.2, 0) is 9.53 Å². The third kappa shape index (κ3) is 1.58. The molecule has 1 saturated heterocycles. The molecular formula is C15H21ClO3. The minimum atomic E-state index is -0.684. The summed E-state index contributed by atoms with van der Waals surface area (Å²) < 4.78 is 5.39. The number of hydrogen-bond donors (Lipinski definition) is 1. The van der Waals surface area contributed by atoms with E-state index in [1.807, 2.05) is 0 Å². The van der Waals surface area contributed by atoms with E-state index in [9.17, 15) is 9.90 Å². The van der Waals surface area contributed by atoms with Gasteiger partial charge >= 0.3 is 5.97 Å². The summed E-state index contributed by atoms with van der Waals surface area (Å²) in [6, 6.07) is 0. The van der Waals surface area contributed by atoms with E-state index < -0.39 is 11.0 Å². The van der Waals surface area contributed by atoms with Crippen molar-refractivity contribution in [2.24, 2.45) is 17.3 Å².